The topological polar surface area (TPSA) is 39.7 Å². The van der Waals surface area contributed by atoms with Gasteiger partial charge in [0, 0.05) is 16.7 Å². The Labute approximate surface area is 132 Å². The zero-order valence-corrected chi connectivity index (χ0v) is 13.3. The van der Waals surface area contributed by atoms with Gasteiger partial charge >= 0.3 is 0 Å². The number of ether oxygens (including phenoxy) is 3. The standard InChI is InChI=1S/C16H16BrNO3/c1-19-14-8-11(9-15-16(14)21-7-6-20-15)10-18-13-5-3-2-4-12(13)17/h2-5,8-9,18H,6-7,10H2,1H3. The summed E-state index contributed by atoms with van der Waals surface area (Å²) in [6.07, 6.45) is 0. The lowest BCUT2D eigenvalue weighted by Crippen LogP contribution is -2.16. The largest absolute Gasteiger partial charge is 0.493 e. The van der Waals surface area contributed by atoms with Gasteiger partial charge in [0.2, 0.25) is 5.75 Å². The maximum absolute atomic E-state index is 5.64. The van der Waals surface area contributed by atoms with Crippen molar-refractivity contribution in [2.24, 2.45) is 0 Å². The highest BCUT2D eigenvalue weighted by molar-refractivity contribution is 9.10. The summed E-state index contributed by atoms with van der Waals surface area (Å²) in [4.78, 5) is 0. The second kappa shape index (κ2) is 6.26. The molecule has 5 heteroatoms. The van der Waals surface area contributed by atoms with Crippen LogP contribution in [0.4, 0.5) is 5.69 Å². The molecule has 1 N–H and O–H groups in total. The summed E-state index contributed by atoms with van der Waals surface area (Å²) in [6, 6.07) is 12.0. The van der Waals surface area contributed by atoms with Gasteiger partial charge in [-0.1, -0.05) is 12.1 Å². The van der Waals surface area contributed by atoms with Crippen molar-refractivity contribution in [3.05, 3.63) is 46.4 Å². The summed E-state index contributed by atoms with van der Waals surface area (Å²) < 4.78 is 17.7. The van der Waals surface area contributed by atoms with E-state index in [1.807, 2.05) is 36.4 Å². The predicted molar refractivity (Wildman–Crippen MR) is 85.5 cm³/mol. The number of hydrogen-bond donors (Lipinski definition) is 1. The van der Waals surface area contributed by atoms with Crippen LogP contribution in [0.2, 0.25) is 0 Å². The van der Waals surface area contributed by atoms with E-state index in [-0.39, 0.29) is 0 Å². The number of benzene rings is 2. The predicted octanol–water partition coefficient (Wildman–Crippen LogP) is 3.84. The number of methoxy groups -OCH3 is 1. The summed E-state index contributed by atoms with van der Waals surface area (Å²) >= 11 is 3.53. The molecule has 2 aromatic rings. The first-order valence-electron chi connectivity index (χ1n) is 6.73. The average Bonchev–Trinajstić information content (AvgIpc) is 2.53. The number of anilines is 1. The first kappa shape index (κ1) is 14.1. The van der Waals surface area contributed by atoms with Gasteiger partial charge in [0.25, 0.3) is 0 Å². The zero-order valence-electron chi connectivity index (χ0n) is 11.7. The monoisotopic (exact) mass is 349 g/mol. The summed E-state index contributed by atoms with van der Waals surface area (Å²) in [7, 11) is 1.64. The van der Waals surface area contributed by atoms with Crippen LogP contribution in [0.5, 0.6) is 17.2 Å². The fraction of sp³-hybridized carbons (Fsp3) is 0.250. The van der Waals surface area contributed by atoms with Gasteiger partial charge in [-0.3, -0.25) is 0 Å². The Morgan fingerprint density at radius 1 is 1.19 bits per heavy atom. The molecule has 0 aromatic heterocycles. The molecular weight excluding hydrogens is 334 g/mol. The third-order valence-electron chi connectivity index (χ3n) is 3.24. The summed E-state index contributed by atoms with van der Waals surface area (Å²) in [5, 5.41) is 3.39. The van der Waals surface area contributed by atoms with Crippen molar-refractivity contribution in [2.45, 2.75) is 6.54 Å². The molecule has 0 saturated carbocycles. The molecule has 0 spiro atoms. The number of hydrogen-bond acceptors (Lipinski definition) is 4. The molecule has 0 radical (unpaired) electrons. The molecule has 0 amide bonds. The van der Waals surface area contributed by atoms with Gasteiger partial charge in [-0.05, 0) is 45.8 Å². The fourth-order valence-corrected chi connectivity index (χ4v) is 2.66. The van der Waals surface area contributed by atoms with Gasteiger partial charge in [0.1, 0.15) is 13.2 Å². The van der Waals surface area contributed by atoms with Gasteiger partial charge < -0.3 is 19.5 Å². The normalized spacial score (nSPS) is 12.9. The lowest BCUT2D eigenvalue weighted by molar-refractivity contribution is 0.165. The summed E-state index contributed by atoms with van der Waals surface area (Å²) in [6.45, 7) is 1.80. The van der Waals surface area contributed by atoms with Crippen LogP contribution in [0.15, 0.2) is 40.9 Å². The minimum atomic E-state index is 0.553. The van der Waals surface area contributed by atoms with E-state index in [2.05, 4.69) is 21.2 Å². The molecule has 0 fully saturated rings. The quantitative estimate of drug-likeness (QED) is 0.910. The minimum Gasteiger partial charge on any atom is -0.493 e. The summed E-state index contributed by atoms with van der Waals surface area (Å²) in [5.74, 6) is 2.13. The van der Waals surface area contributed by atoms with Crippen molar-refractivity contribution in [1.29, 1.82) is 0 Å². The number of nitrogens with one attached hydrogen (secondary N) is 1. The van der Waals surface area contributed by atoms with E-state index in [0.29, 0.717) is 31.3 Å². The van der Waals surface area contributed by atoms with E-state index < -0.39 is 0 Å². The molecule has 0 aliphatic carbocycles. The smallest absolute Gasteiger partial charge is 0.203 e. The van der Waals surface area contributed by atoms with E-state index in [1.54, 1.807) is 7.11 Å². The van der Waals surface area contributed by atoms with E-state index in [1.165, 1.54) is 0 Å². The number of halogens is 1. The lowest BCUT2D eigenvalue weighted by atomic mass is 10.1. The molecule has 21 heavy (non-hydrogen) atoms. The Hall–Kier alpha value is -1.88. The van der Waals surface area contributed by atoms with Crippen LogP contribution < -0.4 is 19.5 Å². The Morgan fingerprint density at radius 2 is 2.00 bits per heavy atom. The van der Waals surface area contributed by atoms with Gasteiger partial charge in [0.05, 0.1) is 7.11 Å². The van der Waals surface area contributed by atoms with Crippen LogP contribution in [-0.4, -0.2) is 20.3 Å². The van der Waals surface area contributed by atoms with Gasteiger partial charge in [-0.25, -0.2) is 0 Å². The van der Waals surface area contributed by atoms with Gasteiger partial charge in [0.15, 0.2) is 11.5 Å². The second-order valence-corrected chi connectivity index (χ2v) is 5.51. The molecule has 0 saturated heterocycles. The number of rotatable bonds is 4. The van der Waals surface area contributed by atoms with Crippen molar-refractivity contribution >= 4 is 21.6 Å². The zero-order chi connectivity index (χ0) is 14.7. The highest BCUT2D eigenvalue weighted by Gasteiger charge is 2.18. The molecule has 0 bridgehead atoms. The molecule has 1 aliphatic heterocycles. The second-order valence-electron chi connectivity index (χ2n) is 4.66. The fourth-order valence-electron chi connectivity index (χ4n) is 2.23. The molecule has 1 heterocycles. The highest BCUT2D eigenvalue weighted by Crippen LogP contribution is 2.40. The Kier molecular flexibility index (Phi) is 4.20. The van der Waals surface area contributed by atoms with Gasteiger partial charge in [-0.15, -0.1) is 0 Å². The van der Waals surface area contributed by atoms with Crippen molar-refractivity contribution in [3.8, 4) is 17.2 Å². The Morgan fingerprint density at radius 3 is 2.81 bits per heavy atom. The average molecular weight is 350 g/mol. The van der Waals surface area contributed by atoms with Crippen molar-refractivity contribution in [3.63, 3.8) is 0 Å². The van der Waals surface area contributed by atoms with Crippen molar-refractivity contribution in [1.82, 2.24) is 0 Å². The van der Waals surface area contributed by atoms with Crippen LogP contribution in [0.1, 0.15) is 5.56 Å². The SMILES string of the molecule is COc1cc(CNc2ccccc2Br)cc2c1OCCO2. The summed E-state index contributed by atoms with van der Waals surface area (Å²) in [5.41, 5.74) is 2.12. The van der Waals surface area contributed by atoms with Crippen LogP contribution in [0.25, 0.3) is 0 Å². The first-order chi connectivity index (χ1) is 10.3. The first-order valence-corrected chi connectivity index (χ1v) is 7.52. The van der Waals surface area contributed by atoms with Crippen LogP contribution >= 0.6 is 15.9 Å². The third-order valence-corrected chi connectivity index (χ3v) is 3.94. The van der Waals surface area contributed by atoms with Crippen molar-refractivity contribution < 1.29 is 14.2 Å². The van der Waals surface area contributed by atoms with Crippen LogP contribution in [0, 0.1) is 0 Å². The molecule has 110 valence electrons. The van der Waals surface area contributed by atoms with E-state index in [0.717, 1.165) is 21.5 Å². The van der Waals surface area contributed by atoms with Gasteiger partial charge in [-0.2, -0.15) is 0 Å². The Balaban J connectivity index is 1.81. The van der Waals surface area contributed by atoms with Crippen LogP contribution in [0.3, 0.4) is 0 Å². The highest BCUT2D eigenvalue weighted by atomic mass is 79.9. The third kappa shape index (κ3) is 3.08. The Bertz CT molecular complexity index is 628. The molecule has 0 atom stereocenters. The molecule has 4 nitrogen and oxygen atoms in total. The molecule has 2 aromatic carbocycles. The molecule has 3 rings (SSSR count). The van der Waals surface area contributed by atoms with E-state index >= 15 is 0 Å². The number of fused-ring (bicyclic) bond motifs is 1. The lowest BCUT2D eigenvalue weighted by Gasteiger charge is -2.21. The maximum Gasteiger partial charge on any atom is 0.203 e. The molecule has 1 aliphatic rings. The van der Waals surface area contributed by atoms with Crippen molar-refractivity contribution in [2.75, 3.05) is 25.6 Å². The van der Waals surface area contributed by atoms with E-state index in [4.69, 9.17) is 14.2 Å². The van der Waals surface area contributed by atoms with Crippen LogP contribution in [-0.2, 0) is 6.54 Å². The van der Waals surface area contributed by atoms with E-state index in [9.17, 15) is 0 Å². The minimum absolute atomic E-state index is 0.553. The maximum atomic E-state index is 5.64. The molecular formula is C16H16BrNO3. The number of para-hydroxylation sites is 1. The molecule has 0 unspecified atom stereocenters.